The minimum Gasteiger partial charge on any atom is -0.454 e. The molecular formula is C12H16ClNO2. The molecule has 1 aliphatic heterocycles. The van der Waals surface area contributed by atoms with Crippen molar-refractivity contribution in [3.05, 3.63) is 35.9 Å². The molecule has 0 unspecified atom stereocenters. The van der Waals surface area contributed by atoms with Gasteiger partial charge in [0.25, 0.3) is 0 Å². The highest BCUT2D eigenvalue weighted by atomic mass is 35.5. The van der Waals surface area contributed by atoms with E-state index in [0.29, 0.717) is 6.79 Å². The molecule has 0 aliphatic carbocycles. The summed E-state index contributed by atoms with van der Waals surface area (Å²) in [6.07, 6.45) is 0.791. The lowest BCUT2D eigenvalue weighted by molar-refractivity contribution is 0.174. The predicted octanol–water partition coefficient (Wildman–Crippen LogP) is 2.80. The molecule has 0 bridgehead atoms. The molecule has 2 N–H and O–H groups in total. The minimum absolute atomic E-state index is 0. The lowest BCUT2D eigenvalue weighted by atomic mass is 10.0. The summed E-state index contributed by atoms with van der Waals surface area (Å²) in [4.78, 5) is 0. The van der Waals surface area contributed by atoms with Gasteiger partial charge in [0.05, 0.1) is 0 Å². The normalized spacial score (nSPS) is 14.1. The third kappa shape index (κ3) is 2.68. The van der Waals surface area contributed by atoms with E-state index in [9.17, 15) is 0 Å². The molecule has 1 aromatic carbocycles. The van der Waals surface area contributed by atoms with Gasteiger partial charge in [0.2, 0.25) is 6.79 Å². The van der Waals surface area contributed by atoms with E-state index in [0.717, 1.165) is 29.1 Å². The Morgan fingerprint density at radius 1 is 1.44 bits per heavy atom. The molecule has 16 heavy (non-hydrogen) atoms. The van der Waals surface area contributed by atoms with Crippen LogP contribution in [-0.4, -0.2) is 6.79 Å². The number of rotatable bonds is 3. The number of ether oxygens (including phenoxy) is 2. The van der Waals surface area contributed by atoms with Gasteiger partial charge in [0, 0.05) is 6.04 Å². The Balaban J connectivity index is 0.00000128. The van der Waals surface area contributed by atoms with Gasteiger partial charge in [0.1, 0.15) is 0 Å². The van der Waals surface area contributed by atoms with Crippen LogP contribution in [0.15, 0.2) is 30.4 Å². The van der Waals surface area contributed by atoms with Crippen molar-refractivity contribution in [2.75, 3.05) is 6.79 Å². The van der Waals surface area contributed by atoms with Crippen LogP contribution in [0.3, 0.4) is 0 Å². The Hall–Kier alpha value is -1.19. The first-order valence-corrected chi connectivity index (χ1v) is 4.96. The molecule has 0 radical (unpaired) electrons. The highest BCUT2D eigenvalue weighted by Crippen LogP contribution is 2.34. The van der Waals surface area contributed by atoms with Crippen molar-refractivity contribution in [1.29, 1.82) is 0 Å². The summed E-state index contributed by atoms with van der Waals surface area (Å²) in [5.74, 6) is 1.57. The fourth-order valence-electron chi connectivity index (χ4n) is 1.64. The maximum absolute atomic E-state index is 6.03. The second-order valence-electron chi connectivity index (χ2n) is 3.88. The molecule has 0 amide bonds. The molecule has 88 valence electrons. The van der Waals surface area contributed by atoms with E-state index in [1.165, 1.54) is 0 Å². The lowest BCUT2D eigenvalue weighted by Crippen LogP contribution is -2.10. The molecule has 0 fully saturated rings. The van der Waals surface area contributed by atoms with Crippen molar-refractivity contribution >= 4 is 12.4 Å². The molecule has 0 saturated heterocycles. The Morgan fingerprint density at radius 3 is 2.81 bits per heavy atom. The van der Waals surface area contributed by atoms with E-state index in [4.69, 9.17) is 15.2 Å². The van der Waals surface area contributed by atoms with Gasteiger partial charge >= 0.3 is 0 Å². The minimum atomic E-state index is -0.0167. The molecule has 0 aromatic heterocycles. The first-order valence-electron chi connectivity index (χ1n) is 4.96. The third-order valence-corrected chi connectivity index (χ3v) is 2.39. The second kappa shape index (κ2) is 5.23. The summed E-state index contributed by atoms with van der Waals surface area (Å²) in [5, 5.41) is 0. The summed E-state index contributed by atoms with van der Waals surface area (Å²) >= 11 is 0. The highest BCUT2D eigenvalue weighted by molar-refractivity contribution is 5.85. The molecule has 2 rings (SSSR count). The van der Waals surface area contributed by atoms with Gasteiger partial charge in [-0.05, 0) is 31.0 Å². The largest absolute Gasteiger partial charge is 0.454 e. The Labute approximate surface area is 102 Å². The first kappa shape index (κ1) is 12.9. The van der Waals surface area contributed by atoms with E-state index >= 15 is 0 Å². The van der Waals surface area contributed by atoms with Gasteiger partial charge in [0.15, 0.2) is 11.5 Å². The number of fused-ring (bicyclic) bond motifs is 1. The van der Waals surface area contributed by atoms with Crippen LogP contribution in [0.25, 0.3) is 0 Å². The van der Waals surface area contributed by atoms with Gasteiger partial charge in [-0.1, -0.05) is 11.6 Å². The zero-order valence-electron chi connectivity index (χ0n) is 9.23. The van der Waals surface area contributed by atoms with Gasteiger partial charge < -0.3 is 15.2 Å². The van der Waals surface area contributed by atoms with Crippen molar-refractivity contribution < 1.29 is 9.47 Å². The fourth-order valence-corrected chi connectivity index (χ4v) is 1.64. The molecule has 3 nitrogen and oxygen atoms in total. The van der Waals surface area contributed by atoms with Crippen LogP contribution in [0.1, 0.15) is 24.9 Å². The Kier molecular flexibility index (Phi) is 4.21. The van der Waals surface area contributed by atoms with E-state index in [2.05, 4.69) is 6.58 Å². The molecule has 1 aromatic rings. The summed E-state index contributed by atoms with van der Waals surface area (Å²) < 4.78 is 10.5. The van der Waals surface area contributed by atoms with Crippen LogP contribution in [0.4, 0.5) is 0 Å². The number of benzene rings is 1. The van der Waals surface area contributed by atoms with Crippen molar-refractivity contribution in [1.82, 2.24) is 0 Å². The van der Waals surface area contributed by atoms with Crippen molar-refractivity contribution in [3.63, 3.8) is 0 Å². The standard InChI is InChI=1S/C12H15NO2.ClH/c1-8(2)5-10(13)9-3-4-11-12(6-9)15-7-14-11;/h3-4,6,10H,1,5,7,13H2,2H3;1H/t10-;/m1./s1. The maximum Gasteiger partial charge on any atom is 0.231 e. The van der Waals surface area contributed by atoms with Gasteiger partial charge in [-0.25, -0.2) is 0 Å². The van der Waals surface area contributed by atoms with Crippen LogP contribution >= 0.6 is 12.4 Å². The Morgan fingerprint density at radius 2 is 2.12 bits per heavy atom. The summed E-state index contributed by atoms with van der Waals surface area (Å²) in [6, 6.07) is 5.80. The zero-order valence-corrected chi connectivity index (χ0v) is 10.0. The molecule has 1 aliphatic rings. The lowest BCUT2D eigenvalue weighted by Gasteiger charge is -2.12. The van der Waals surface area contributed by atoms with Gasteiger partial charge in [-0.3, -0.25) is 0 Å². The first-order chi connectivity index (χ1) is 7.16. The zero-order chi connectivity index (χ0) is 10.8. The van der Waals surface area contributed by atoms with Gasteiger partial charge in [-0.15, -0.1) is 19.0 Å². The monoisotopic (exact) mass is 241 g/mol. The topological polar surface area (TPSA) is 44.5 Å². The predicted molar refractivity (Wildman–Crippen MR) is 66.2 cm³/mol. The summed E-state index contributed by atoms with van der Waals surface area (Å²) in [6.45, 7) is 6.14. The molecule has 1 atom stereocenters. The molecule has 0 saturated carbocycles. The number of halogens is 1. The molecule has 4 heteroatoms. The van der Waals surface area contributed by atoms with Crippen molar-refractivity contribution in [2.45, 2.75) is 19.4 Å². The van der Waals surface area contributed by atoms with E-state index in [-0.39, 0.29) is 18.4 Å². The van der Waals surface area contributed by atoms with Crippen molar-refractivity contribution in [2.24, 2.45) is 5.73 Å². The summed E-state index contributed by atoms with van der Waals surface area (Å²) in [7, 11) is 0. The van der Waals surface area contributed by atoms with Crippen LogP contribution in [0.5, 0.6) is 11.5 Å². The highest BCUT2D eigenvalue weighted by Gasteiger charge is 2.15. The second-order valence-corrected chi connectivity index (χ2v) is 3.88. The number of hydrogen-bond acceptors (Lipinski definition) is 3. The van der Waals surface area contributed by atoms with E-state index < -0.39 is 0 Å². The Bertz CT molecular complexity index is 393. The van der Waals surface area contributed by atoms with E-state index in [1.54, 1.807) is 0 Å². The van der Waals surface area contributed by atoms with Crippen LogP contribution < -0.4 is 15.2 Å². The maximum atomic E-state index is 6.03. The van der Waals surface area contributed by atoms with E-state index in [1.807, 2.05) is 25.1 Å². The quantitative estimate of drug-likeness (QED) is 0.828. The van der Waals surface area contributed by atoms with Crippen LogP contribution in [0, 0.1) is 0 Å². The average molecular weight is 242 g/mol. The smallest absolute Gasteiger partial charge is 0.231 e. The average Bonchev–Trinajstić information content (AvgIpc) is 2.62. The van der Waals surface area contributed by atoms with Crippen molar-refractivity contribution in [3.8, 4) is 11.5 Å². The third-order valence-electron chi connectivity index (χ3n) is 2.39. The fraction of sp³-hybridized carbons (Fsp3) is 0.333. The van der Waals surface area contributed by atoms with Gasteiger partial charge in [-0.2, -0.15) is 0 Å². The SMILES string of the molecule is C=C(C)C[C@@H](N)c1ccc2c(c1)OCO2.Cl. The number of hydrogen-bond donors (Lipinski definition) is 1. The molecular weight excluding hydrogens is 226 g/mol. The molecule has 0 spiro atoms. The van der Waals surface area contributed by atoms with Crippen LogP contribution in [-0.2, 0) is 0 Å². The number of nitrogens with two attached hydrogens (primary N) is 1. The van der Waals surface area contributed by atoms with Crippen LogP contribution in [0.2, 0.25) is 0 Å². The summed E-state index contributed by atoms with van der Waals surface area (Å²) in [5.41, 5.74) is 8.17. The molecule has 1 heterocycles.